The van der Waals surface area contributed by atoms with E-state index in [0.29, 0.717) is 28.7 Å². The number of hydrogen-bond donors (Lipinski definition) is 1. The number of carbonyl (C=O) groups is 1. The monoisotopic (exact) mass is 363 g/mol. The molecule has 134 valence electrons. The molecular formula is C17H21N3O4S. The van der Waals surface area contributed by atoms with Crippen LogP contribution in [-0.2, 0) is 9.53 Å². The van der Waals surface area contributed by atoms with E-state index in [4.69, 9.17) is 17.0 Å². The molecule has 1 aliphatic rings. The normalized spacial score (nSPS) is 17.6. The molecule has 0 amide bonds. The minimum absolute atomic E-state index is 0.0103. The standard InChI is InChI=1S/C17H21N3O4S/c1-10(2)9-19-11(3)14(16(21)24-4)15(18-17(19)25)12-5-7-13(8-6-12)20(22)23/h5-8,10,15H,9H2,1-4H3,(H,18,25)/t15-/m1/s1. The summed E-state index contributed by atoms with van der Waals surface area (Å²) in [5.74, 6) is -0.103. The number of carbonyl (C=O) groups excluding carboxylic acids is 1. The molecule has 1 heterocycles. The van der Waals surface area contributed by atoms with Gasteiger partial charge >= 0.3 is 5.97 Å². The number of benzene rings is 1. The molecule has 7 nitrogen and oxygen atoms in total. The Labute approximate surface area is 151 Å². The van der Waals surface area contributed by atoms with Crippen molar-refractivity contribution in [1.29, 1.82) is 0 Å². The first-order valence-electron chi connectivity index (χ1n) is 7.87. The van der Waals surface area contributed by atoms with Gasteiger partial charge in [0.25, 0.3) is 5.69 Å². The Morgan fingerprint density at radius 1 is 1.40 bits per heavy atom. The van der Waals surface area contributed by atoms with Crippen LogP contribution in [0.2, 0.25) is 0 Å². The van der Waals surface area contributed by atoms with Gasteiger partial charge in [0.1, 0.15) is 0 Å². The van der Waals surface area contributed by atoms with Crippen molar-refractivity contribution in [2.45, 2.75) is 26.8 Å². The van der Waals surface area contributed by atoms with Crippen LogP contribution in [0.5, 0.6) is 0 Å². The predicted octanol–water partition coefficient (Wildman–Crippen LogP) is 2.93. The molecule has 1 N–H and O–H groups in total. The van der Waals surface area contributed by atoms with E-state index in [1.54, 1.807) is 12.1 Å². The zero-order valence-corrected chi connectivity index (χ0v) is 15.4. The van der Waals surface area contributed by atoms with E-state index in [9.17, 15) is 14.9 Å². The largest absolute Gasteiger partial charge is 0.466 e. The molecular weight excluding hydrogens is 342 g/mol. The number of rotatable bonds is 5. The molecule has 0 unspecified atom stereocenters. The summed E-state index contributed by atoms with van der Waals surface area (Å²) in [5, 5.41) is 14.5. The number of allylic oxidation sites excluding steroid dienone is 1. The summed E-state index contributed by atoms with van der Waals surface area (Å²) in [6.07, 6.45) is 0. The number of non-ortho nitro benzene ring substituents is 1. The van der Waals surface area contributed by atoms with E-state index in [0.717, 1.165) is 5.70 Å². The third-order valence-corrected chi connectivity index (χ3v) is 4.32. The van der Waals surface area contributed by atoms with Crippen LogP contribution in [0.3, 0.4) is 0 Å². The highest BCUT2D eigenvalue weighted by Crippen LogP contribution is 2.32. The molecule has 0 aromatic heterocycles. The molecule has 1 aromatic carbocycles. The highest BCUT2D eigenvalue weighted by Gasteiger charge is 2.34. The molecule has 8 heteroatoms. The average Bonchev–Trinajstić information content (AvgIpc) is 2.57. The maximum absolute atomic E-state index is 12.4. The van der Waals surface area contributed by atoms with Crippen LogP contribution < -0.4 is 5.32 Å². The van der Waals surface area contributed by atoms with Crippen LogP contribution in [0.4, 0.5) is 5.69 Å². The van der Waals surface area contributed by atoms with Crippen LogP contribution in [0.25, 0.3) is 0 Å². The lowest BCUT2D eigenvalue weighted by Crippen LogP contribution is -2.48. The van der Waals surface area contributed by atoms with E-state index >= 15 is 0 Å². The summed E-state index contributed by atoms with van der Waals surface area (Å²) < 4.78 is 4.95. The van der Waals surface area contributed by atoms with Crippen molar-refractivity contribution in [3.8, 4) is 0 Å². The Kier molecular flexibility index (Phi) is 5.73. The van der Waals surface area contributed by atoms with Gasteiger partial charge in [0.15, 0.2) is 5.11 Å². The Bertz CT molecular complexity index is 728. The van der Waals surface area contributed by atoms with E-state index < -0.39 is 16.9 Å². The maximum Gasteiger partial charge on any atom is 0.337 e. The van der Waals surface area contributed by atoms with Crippen molar-refractivity contribution in [3.63, 3.8) is 0 Å². The minimum Gasteiger partial charge on any atom is -0.466 e. The molecule has 0 bridgehead atoms. The summed E-state index contributed by atoms with van der Waals surface area (Å²) in [7, 11) is 1.33. The van der Waals surface area contributed by atoms with Gasteiger partial charge in [-0.2, -0.15) is 0 Å². The van der Waals surface area contributed by atoms with E-state index in [-0.39, 0.29) is 5.69 Å². The summed E-state index contributed by atoms with van der Waals surface area (Å²) in [4.78, 5) is 24.6. The molecule has 25 heavy (non-hydrogen) atoms. The Balaban J connectivity index is 2.49. The molecule has 0 spiro atoms. The highest BCUT2D eigenvalue weighted by molar-refractivity contribution is 7.80. The van der Waals surface area contributed by atoms with Crippen molar-refractivity contribution < 1.29 is 14.5 Å². The summed E-state index contributed by atoms with van der Waals surface area (Å²) in [6.45, 7) is 6.64. The Morgan fingerprint density at radius 3 is 2.48 bits per heavy atom. The lowest BCUT2D eigenvalue weighted by Gasteiger charge is -2.38. The summed E-state index contributed by atoms with van der Waals surface area (Å²) in [6, 6.07) is 5.54. The van der Waals surface area contributed by atoms with Crippen LogP contribution in [0.1, 0.15) is 32.4 Å². The second kappa shape index (κ2) is 7.60. The van der Waals surface area contributed by atoms with Crippen LogP contribution in [0.15, 0.2) is 35.5 Å². The van der Waals surface area contributed by atoms with E-state index in [1.165, 1.54) is 19.2 Å². The number of nitro groups is 1. The molecule has 0 saturated carbocycles. The van der Waals surface area contributed by atoms with Crippen LogP contribution >= 0.6 is 12.2 Å². The molecule has 2 rings (SSSR count). The number of esters is 1. The predicted molar refractivity (Wildman–Crippen MR) is 97.8 cm³/mol. The SMILES string of the molecule is COC(=O)C1=C(C)N(CC(C)C)C(=S)N[C@@H]1c1ccc([N+](=O)[O-])cc1. The molecule has 0 radical (unpaired) electrons. The fourth-order valence-electron chi connectivity index (χ4n) is 2.78. The fraction of sp³-hybridized carbons (Fsp3) is 0.412. The van der Waals surface area contributed by atoms with Crippen LogP contribution in [0, 0.1) is 16.0 Å². The molecule has 0 saturated heterocycles. The zero-order valence-electron chi connectivity index (χ0n) is 14.6. The number of thiocarbonyl (C=S) groups is 1. The second-order valence-corrected chi connectivity index (χ2v) is 6.61. The van der Waals surface area contributed by atoms with E-state index in [1.807, 2.05) is 11.8 Å². The molecule has 0 aliphatic carbocycles. The first kappa shape index (κ1) is 18.9. The van der Waals surface area contributed by atoms with Gasteiger partial charge in [0.05, 0.1) is 23.6 Å². The fourth-order valence-corrected chi connectivity index (χ4v) is 3.11. The number of nitrogens with one attached hydrogen (secondary N) is 1. The highest BCUT2D eigenvalue weighted by atomic mass is 32.1. The van der Waals surface area contributed by atoms with Gasteiger partial charge in [-0.15, -0.1) is 0 Å². The first-order chi connectivity index (χ1) is 11.8. The Hall–Kier alpha value is -2.48. The lowest BCUT2D eigenvalue weighted by molar-refractivity contribution is -0.384. The van der Waals surface area contributed by atoms with Crippen LogP contribution in [-0.4, -0.2) is 34.6 Å². The third kappa shape index (κ3) is 3.96. The van der Waals surface area contributed by atoms with Crippen molar-refractivity contribution in [3.05, 3.63) is 51.2 Å². The molecule has 1 aromatic rings. The minimum atomic E-state index is -0.510. The number of nitrogens with zero attached hydrogens (tertiary/aromatic N) is 2. The van der Waals surface area contributed by atoms with E-state index in [2.05, 4.69) is 19.2 Å². The van der Waals surface area contributed by atoms with Crippen molar-refractivity contribution in [2.24, 2.45) is 5.92 Å². The van der Waals surface area contributed by atoms with Gasteiger partial charge in [0.2, 0.25) is 0 Å². The molecule has 0 fully saturated rings. The molecule has 1 aliphatic heterocycles. The number of nitro benzene ring substituents is 1. The first-order valence-corrected chi connectivity index (χ1v) is 8.28. The van der Waals surface area contributed by atoms with Gasteiger partial charge in [-0.3, -0.25) is 10.1 Å². The van der Waals surface area contributed by atoms with Gasteiger partial charge in [-0.05, 0) is 42.8 Å². The topological polar surface area (TPSA) is 84.7 Å². The maximum atomic E-state index is 12.4. The van der Waals surface area contributed by atoms with Crippen molar-refractivity contribution in [2.75, 3.05) is 13.7 Å². The van der Waals surface area contributed by atoms with Gasteiger partial charge < -0.3 is 15.0 Å². The van der Waals surface area contributed by atoms with Gasteiger partial charge in [0, 0.05) is 24.4 Å². The third-order valence-electron chi connectivity index (χ3n) is 3.99. The van der Waals surface area contributed by atoms with Crippen molar-refractivity contribution >= 4 is 29.0 Å². The lowest BCUT2D eigenvalue weighted by atomic mass is 9.94. The van der Waals surface area contributed by atoms with Gasteiger partial charge in [-0.25, -0.2) is 4.79 Å². The number of ether oxygens (including phenoxy) is 1. The van der Waals surface area contributed by atoms with Gasteiger partial charge in [-0.1, -0.05) is 13.8 Å². The zero-order chi connectivity index (χ0) is 18.7. The molecule has 1 atom stereocenters. The number of hydrogen-bond acceptors (Lipinski definition) is 5. The van der Waals surface area contributed by atoms with Crippen molar-refractivity contribution in [1.82, 2.24) is 10.2 Å². The quantitative estimate of drug-likeness (QED) is 0.373. The second-order valence-electron chi connectivity index (χ2n) is 6.23. The summed E-state index contributed by atoms with van der Waals surface area (Å²) in [5.41, 5.74) is 1.87. The summed E-state index contributed by atoms with van der Waals surface area (Å²) >= 11 is 5.46. The average molecular weight is 363 g/mol. The number of methoxy groups -OCH3 is 1. The smallest absolute Gasteiger partial charge is 0.337 e. The Morgan fingerprint density at radius 2 is 2.00 bits per heavy atom.